The van der Waals surface area contributed by atoms with Crippen LogP contribution < -0.4 is 5.32 Å². The molecule has 0 bridgehead atoms. The second-order valence-corrected chi connectivity index (χ2v) is 5.84. The van der Waals surface area contributed by atoms with Gasteiger partial charge < -0.3 is 10.1 Å². The molecule has 2 fully saturated rings. The van der Waals surface area contributed by atoms with Gasteiger partial charge in [-0.05, 0) is 53.1 Å². The number of nitrogens with zero attached hydrogens (tertiary/aromatic N) is 1. The van der Waals surface area contributed by atoms with Crippen molar-refractivity contribution in [2.24, 2.45) is 0 Å². The molecule has 1 saturated carbocycles. The summed E-state index contributed by atoms with van der Waals surface area (Å²) in [6.07, 6.45) is 4.29. The predicted molar refractivity (Wildman–Crippen MR) is 66.7 cm³/mol. The standard InChI is InChI=1S/C13H26N2O/c1-4-16-12-8-11(9-12)15-7-5-6-14-13(2,3)10-15/h11-12,14H,4-10H2,1-3H3. The van der Waals surface area contributed by atoms with E-state index in [4.69, 9.17) is 4.74 Å². The lowest BCUT2D eigenvalue weighted by atomic mass is 9.87. The maximum atomic E-state index is 5.64. The average Bonchev–Trinajstić information content (AvgIpc) is 2.32. The van der Waals surface area contributed by atoms with Gasteiger partial charge in [-0.1, -0.05) is 0 Å². The molecule has 3 heteroatoms. The maximum Gasteiger partial charge on any atom is 0.0604 e. The van der Waals surface area contributed by atoms with Crippen molar-refractivity contribution in [3.63, 3.8) is 0 Å². The minimum Gasteiger partial charge on any atom is -0.378 e. The Balaban J connectivity index is 1.81. The number of ether oxygens (including phenoxy) is 1. The van der Waals surface area contributed by atoms with Crippen LogP contribution in [0.5, 0.6) is 0 Å². The molecule has 16 heavy (non-hydrogen) atoms. The molecule has 1 aliphatic carbocycles. The molecule has 0 radical (unpaired) electrons. The summed E-state index contributed by atoms with van der Waals surface area (Å²) in [5.74, 6) is 0. The third kappa shape index (κ3) is 2.96. The Kier molecular flexibility index (Phi) is 3.88. The maximum absolute atomic E-state index is 5.64. The summed E-state index contributed by atoms with van der Waals surface area (Å²) in [5, 5.41) is 3.62. The monoisotopic (exact) mass is 226 g/mol. The highest BCUT2D eigenvalue weighted by atomic mass is 16.5. The highest BCUT2D eigenvalue weighted by molar-refractivity contribution is 4.93. The summed E-state index contributed by atoms with van der Waals surface area (Å²) in [5.41, 5.74) is 0.271. The zero-order chi connectivity index (χ0) is 11.6. The number of rotatable bonds is 3. The van der Waals surface area contributed by atoms with Gasteiger partial charge in [0.1, 0.15) is 0 Å². The van der Waals surface area contributed by atoms with Crippen molar-refractivity contribution in [3.05, 3.63) is 0 Å². The largest absolute Gasteiger partial charge is 0.378 e. The first-order valence-electron chi connectivity index (χ1n) is 6.71. The van der Waals surface area contributed by atoms with Crippen molar-refractivity contribution in [1.29, 1.82) is 0 Å². The molecule has 0 unspecified atom stereocenters. The molecule has 3 nitrogen and oxygen atoms in total. The molecule has 94 valence electrons. The van der Waals surface area contributed by atoms with E-state index in [2.05, 4.69) is 31.0 Å². The zero-order valence-corrected chi connectivity index (χ0v) is 11.0. The van der Waals surface area contributed by atoms with Crippen LogP contribution in [0.15, 0.2) is 0 Å². The van der Waals surface area contributed by atoms with Crippen LogP contribution in [0.25, 0.3) is 0 Å². The van der Waals surface area contributed by atoms with Gasteiger partial charge in [0.2, 0.25) is 0 Å². The highest BCUT2D eigenvalue weighted by Crippen LogP contribution is 2.30. The summed E-state index contributed by atoms with van der Waals surface area (Å²) < 4.78 is 5.64. The molecule has 0 spiro atoms. The smallest absolute Gasteiger partial charge is 0.0604 e. The van der Waals surface area contributed by atoms with E-state index >= 15 is 0 Å². The molecule has 0 aromatic carbocycles. The van der Waals surface area contributed by atoms with Gasteiger partial charge >= 0.3 is 0 Å². The van der Waals surface area contributed by atoms with Crippen LogP contribution in [-0.2, 0) is 4.74 Å². The van der Waals surface area contributed by atoms with E-state index in [0.717, 1.165) is 19.2 Å². The van der Waals surface area contributed by atoms with Crippen molar-refractivity contribution >= 4 is 0 Å². The Labute approximate surface area is 99.5 Å². The fraction of sp³-hybridized carbons (Fsp3) is 1.00. The molecule has 0 aromatic heterocycles. The Morgan fingerprint density at radius 3 is 2.81 bits per heavy atom. The molecular formula is C13H26N2O. The Morgan fingerprint density at radius 2 is 2.12 bits per heavy atom. The molecule has 1 saturated heterocycles. The molecule has 0 aromatic rings. The second-order valence-electron chi connectivity index (χ2n) is 5.84. The van der Waals surface area contributed by atoms with Gasteiger partial charge in [0.25, 0.3) is 0 Å². The van der Waals surface area contributed by atoms with Gasteiger partial charge in [0, 0.05) is 24.7 Å². The lowest BCUT2D eigenvalue weighted by Gasteiger charge is -2.44. The SMILES string of the molecule is CCOC1CC(N2CCCNC(C)(C)C2)C1. The Bertz CT molecular complexity index is 224. The molecule has 2 aliphatic rings. The van der Waals surface area contributed by atoms with Crippen LogP contribution in [-0.4, -0.2) is 48.8 Å². The molecule has 0 amide bonds. The Hall–Kier alpha value is -0.120. The van der Waals surface area contributed by atoms with Gasteiger partial charge in [-0.3, -0.25) is 4.90 Å². The number of nitrogens with one attached hydrogen (secondary N) is 1. The third-order valence-corrected chi connectivity index (χ3v) is 3.81. The van der Waals surface area contributed by atoms with Crippen molar-refractivity contribution in [2.75, 3.05) is 26.2 Å². The quantitative estimate of drug-likeness (QED) is 0.791. The first-order chi connectivity index (χ1) is 7.61. The van der Waals surface area contributed by atoms with E-state index in [-0.39, 0.29) is 5.54 Å². The number of hydrogen-bond donors (Lipinski definition) is 1. The van der Waals surface area contributed by atoms with Crippen molar-refractivity contribution in [2.45, 2.75) is 57.7 Å². The van der Waals surface area contributed by atoms with Crippen LogP contribution in [0, 0.1) is 0 Å². The Morgan fingerprint density at radius 1 is 1.38 bits per heavy atom. The molecule has 1 aliphatic heterocycles. The zero-order valence-electron chi connectivity index (χ0n) is 11.0. The minimum atomic E-state index is 0.271. The summed E-state index contributed by atoms with van der Waals surface area (Å²) in [6.45, 7) is 11.2. The van der Waals surface area contributed by atoms with E-state index in [9.17, 15) is 0 Å². The molecule has 2 rings (SSSR count). The summed E-state index contributed by atoms with van der Waals surface area (Å²) >= 11 is 0. The van der Waals surface area contributed by atoms with Gasteiger partial charge in [-0.15, -0.1) is 0 Å². The average molecular weight is 226 g/mol. The summed E-state index contributed by atoms with van der Waals surface area (Å²) in [4.78, 5) is 2.66. The van der Waals surface area contributed by atoms with E-state index in [1.165, 1.54) is 32.4 Å². The summed E-state index contributed by atoms with van der Waals surface area (Å²) in [6, 6.07) is 0.774. The highest BCUT2D eigenvalue weighted by Gasteiger charge is 2.36. The fourth-order valence-corrected chi connectivity index (χ4v) is 2.87. The van der Waals surface area contributed by atoms with Crippen LogP contribution >= 0.6 is 0 Å². The van der Waals surface area contributed by atoms with Crippen LogP contribution in [0.1, 0.15) is 40.0 Å². The molecule has 1 N–H and O–H groups in total. The minimum absolute atomic E-state index is 0.271. The van der Waals surface area contributed by atoms with Crippen LogP contribution in [0.3, 0.4) is 0 Å². The van der Waals surface area contributed by atoms with E-state index in [1.54, 1.807) is 0 Å². The molecule has 1 heterocycles. The van der Waals surface area contributed by atoms with Crippen molar-refractivity contribution < 1.29 is 4.74 Å². The lowest BCUT2D eigenvalue weighted by Crippen LogP contribution is -2.54. The van der Waals surface area contributed by atoms with Gasteiger partial charge in [-0.25, -0.2) is 0 Å². The first-order valence-corrected chi connectivity index (χ1v) is 6.71. The molecule has 0 atom stereocenters. The second kappa shape index (κ2) is 5.03. The van der Waals surface area contributed by atoms with Crippen LogP contribution in [0.2, 0.25) is 0 Å². The normalized spacial score (nSPS) is 35.4. The van der Waals surface area contributed by atoms with E-state index in [1.807, 2.05) is 0 Å². The van der Waals surface area contributed by atoms with Crippen molar-refractivity contribution in [3.8, 4) is 0 Å². The van der Waals surface area contributed by atoms with Gasteiger partial charge in [0.05, 0.1) is 6.10 Å². The van der Waals surface area contributed by atoms with E-state index < -0.39 is 0 Å². The fourth-order valence-electron chi connectivity index (χ4n) is 2.87. The predicted octanol–water partition coefficient (Wildman–Crippen LogP) is 1.63. The topological polar surface area (TPSA) is 24.5 Å². The van der Waals surface area contributed by atoms with Gasteiger partial charge in [0.15, 0.2) is 0 Å². The van der Waals surface area contributed by atoms with E-state index in [0.29, 0.717) is 6.10 Å². The summed E-state index contributed by atoms with van der Waals surface area (Å²) in [7, 11) is 0. The third-order valence-electron chi connectivity index (χ3n) is 3.81. The van der Waals surface area contributed by atoms with Crippen molar-refractivity contribution in [1.82, 2.24) is 10.2 Å². The lowest BCUT2D eigenvalue weighted by molar-refractivity contribution is -0.0487. The number of hydrogen-bond acceptors (Lipinski definition) is 3. The molecular weight excluding hydrogens is 200 g/mol. The van der Waals surface area contributed by atoms with Gasteiger partial charge in [-0.2, -0.15) is 0 Å². The van der Waals surface area contributed by atoms with Crippen LogP contribution in [0.4, 0.5) is 0 Å². The first kappa shape index (κ1) is 12.3.